The summed E-state index contributed by atoms with van der Waals surface area (Å²) in [5.41, 5.74) is 3.70. The van der Waals surface area contributed by atoms with Gasteiger partial charge in [-0.15, -0.1) is 4.83 Å². The third kappa shape index (κ3) is 3.40. The minimum atomic E-state index is -3.95. The van der Waals surface area contributed by atoms with Gasteiger partial charge in [-0.2, -0.15) is 0 Å². The monoisotopic (exact) mass is 364 g/mol. The number of nitrogens with one attached hydrogen (secondary N) is 2. The molecule has 0 unspecified atom stereocenters. The Bertz CT molecular complexity index is 1000. The predicted octanol–water partition coefficient (Wildman–Crippen LogP) is 1.70. The lowest BCUT2D eigenvalue weighted by atomic mass is 10.3. The second-order valence-corrected chi connectivity index (χ2v) is 7.00. The van der Waals surface area contributed by atoms with Crippen LogP contribution in [0.3, 0.4) is 0 Å². The van der Waals surface area contributed by atoms with E-state index >= 15 is 0 Å². The van der Waals surface area contributed by atoms with Gasteiger partial charge in [0.15, 0.2) is 0 Å². The average molecular weight is 365 g/mol. The number of imidazole rings is 1. The maximum absolute atomic E-state index is 12.1. The molecule has 0 atom stereocenters. The Labute approximate surface area is 143 Å². The first-order chi connectivity index (χ1) is 11.5. The molecule has 0 saturated carbocycles. The lowest BCUT2D eigenvalue weighted by Gasteiger charge is -2.10. The maximum Gasteiger partial charge on any atom is 0.258 e. The van der Waals surface area contributed by atoms with E-state index in [0.29, 0.717) is 0 Å². The number of halogens is 1. The van der Waals surface area contributed by atoms with Gasteiger partial charge >= 0.3 is 0 Å². The molecule has 9 heteroatoms. The summed E-state index contributed by atoms with van der Waals surface area (Å²) in [5.74, 6) is -0.534. The van der Waals surface area contributed by atoms with Crippen LogP contribution in [0.2, 0.25) is 5.02 Å². The van der Waals surface area contributed by atoms with E-state index in [1.165, 1.54) is 18.5 Å². The van der Waals surface area contributed by atoms with Crippen molar-refractivity contribution in [1.82, 2.24) is 19.8 Å². The van der Waals surface area contributed by atoms with E-state index in [1.54, 1.807) is 16.7 Å². The molecule has 0 bridgehead atoms. The van der Waals surface area contributed by atoms with E-state index in [1.807, 2.05) is 29.1 Å². The number of hydrogen-bond donors (Lipinski definition) is 2. The van der Waals surface area contributed by atoms with Gasteiger partial charge in [0, 0.05) is 0 Å². The van der Waals surface area contributed by atoms with Gasteiger partial charge in [0.05, 0.1) is 22.4 Å². The molecule has 24 heavy (non-hydrogen) atoms. The number of sulfonamides is 1. The lowest BCUT2D eigenvalue weighted by Crippen LogP contribution is -2.43. The molecule has 1 heterocycles. The summed E-state index contributed by atoms with van der Waals surface area (Å²) in [4.78, 5) is 18.1. The number of aromatic nitrogens is 2. The Morgan fingerprint density at radius 3 is 2.62 bits per heavy atom. The number of carbonyl (C=O) groups is 1. The van der Waals surface area contributed by atoms with Gasteiger partial charge in [0.1, 0.15) is 11.4 Å². The standard InChI is InChI=1S/C15H13ClN4O3S/c16-11-5-1-4-8-14(11)24(22,23)19-18-15(21)9-20-10-17-12-6-2-3-7-13(12)20/h1-8,10,19H,9H2,(H,18,21). The second-order valence-electron chi connectivity index (χ2n) is 4.95. The van der Waals surface area contributed by atoms with Crippen molar-refractivity contribution >= 4 is 38.6 Å². The van der Waals surface area contributed by atoms with Crippen LogP contribution < -0.4 is 10.3 Å². The number of carbonyl (C=O) groups excluding carboxylic acids is 1. The fourth-order valence-corrected chi connectivity index (χ4v) is 3.55. The van der Waals surface area contributed by atoms with Crippen LogP contribution in [-0.2, 0) is 21.4 Å². The Balaban J connectivity index is 1.69. The molecule has 0 radical (unpaired) electrons. The highest BCUT2D eigenvalue weighted by Gasteiger charge is 2.18. The van der Waals surface area contributed by atoms with Gasteiger partial charge < -0.3 is 4.57 Å². The van der Waals surface area contributed by atoms with Gasteiger partial charge in [0.25, 0.3) is 15.9 Å². The lowest BCUT2D eigenvalue weighted by molar-refractivity contribution is -0.122. The smallest absolute Gasteiger partial charge is 0.258 e. The molecule has 1 amide bonds. The van der Waals surface area contributed by atoms with E-state index in [4.69, 9.17) is 11.6 Å². The first-order valence-electron chi connectivity index (χ1n) is 6.92. The highest BCUT2D eigenvalue weighted by atomic mass is 35.5. The van der Waals surface area contributed by atoms with Crippen LogP contribution >= 0.6 is 11.6 Å². The number of nitrogens with zero attached hydrogens (tertiary/aromatic N) is 2. The number of rotatable bonds is 5. The van der Waals surface area contributed by atoms with Crippen molar-refractivity contribution in [1.29, 1.82) is 0 Å². The van der Waals surface area contributed by atoms with Crippen molar-refractivity contribution in [3.8, 4) is 0 Å². The summed E-state index contributed by atoms with van der Waals surface area (Å²) in [6.45, 7) is -0.0778. The summed E-state index contributed by atoms with van der Waals surface area (Å²) >= 11 is 5.86. The van der Waals surface area contributed by atoms with Crippen molar-refractivity contribution < 1.29 is 13.2 Å². The molecular formula is C15H13ClN4O3S. The molecule has 0 fully saturated rings. The van der Waals surface area contributed by atoms with Crippen LogP contribution in [0.15, 0.2) is 59.8 Å². The van der Waals surface area contributed by atoms with Crippen LogP contribution in [0.4, 0.5) is 0 Å². The fourth-order valence-electron chi connectivity index (χ4n) is 2.17. The molecule has 0 aliphatic heterocycles. The number of para-hydroxylation sites is 2. The summed E-state index contributed by atoms with van der Waals surface area (Å²) in [7, 11) is -3.95. The molecule has 0 saturated heterocycles. The molecular weight excluding hydrogens is 352 g/mol. The van der Waals surface area contributed by atoms with Gasteiger partial charge in [0.2, 0.25) is 0 Å². The van der Waals surface area contributed by atoms with E-state index < -0.39 is 15.9 Å². The third-order valence-electron chi connectivity index (χ3n) is 3.29. The first kappa shape index (κ1) is 16.4. The van der Waals surface area contributed by atoms with E-state index in [0.717, 1.165) is 11.0 Å². The largest absolute Gasteiger partial charge is 0.321 e. The molecule has 2 N–H and O–H groups in total. The topological polar surface area (TPSA) is 93.1 Å². The number of amides is 1. The Kier molecular flexibility index (Phi) is 4.52. The van der Waals surface area contributed by atoms with E-state index in [-0.39, 0.29) is 16.5 Å². The summed E-state index contributed by atoms with van der Waals surface area (Å²) in [6, 6.07) is 13.3. The summed E-state index contributed by atoms with van der Waals surface area (Å²) in [5, 5.41) is 0.0693. The molecule has 1 aromatic heterocycles. The number of hydrazine groups is 1. The molecule has 2 aromatic carbocycles. The molecule has 124 valence electrons. The highest BCUT2D eigenvalue weighted by Crippen LogP contribution is 2.19. The third-order valence-corrected chi connectivity index (χ3v) is 5.04. The van der Waals surface area contributed by atoms with Gasteiger partial charge in [-0.25, -0.2) is 13.4 Å². The number of hydrogen-bond acceptors (Lipinski definition) is 4. The quantitative estimate of drug-likeness (QED) is 0.674. The minimum Gasteiger partial charge on any atom is -0.321 e. The molecule has 0 aliphatic rings. The van der Waals surface area contributed by atoms with Gasteiger partial charge in [-0.3, -0.25) is 10.2 Å². The van der Waals surface area contributed by atoms with Crippen LogP contribution in [-0.4, -0.2) is 23.9 Å². The number of benzene rings is 2. The number of fused-ring (bicyclic) bond motifs is 1. The van der Waals surface area contributed by atoms with Gasteiger partial charge in [-0.05, 0) is 24.3 Å². The van der Waals surface area contributed by atoms with Crippen LogP contribution in [0.25, 0.3) is 11.0 Å². The SMILES string of the molecule is O=C(Cn1cnc2ccccc21)NNS(=O)(=O)c1ccccc1Cl. The average Bonchev–Trinajstić information content (AvgIpc) is 2.97. The molecule has 0 spiro atoms. The van der Waals surface area contributed by atoms with E-state index in [9.17, 15) is 13.2 Å². The molecule has 7 nitrogen and oxygen atoms in total. The normalized spacial score (nSPS) is 11.5. The van der Waals surface area contributed by atoms with Crippen molar-refractivity contribution in [3.63, 3.8) is 0 Å². The fraction of sp³-hybridized carbons (Fsp3) is 0.0667. The van der Waals surface area contributed by atoms with Crippen molar-refractivity contribution in [2.24, 2.45) is 0 Å². The molecule has 3 rings (SSSR count). The zero-order valence-electron chi connectivity index (χ0n) is 12.3. The van der Waals surface area contributed by atoms with Crippen LogP contribution in [0.5, 0.6) is 0 Å². The summed E-state index contributed by atoms with van der Waals surface area (Å²) < 4.78 is 25.9. The minimum absolute atomic E-state index is 0.0693. The predicted molar refractivity (Wildman–Crippen MR) is 89.6 cm³/mol. The van der Waals surface area contributed by atoms with Crippen LogP contribution in [0, 0.1) is 0 Å². The van der Waals surface area contributed by atoms with E-state index in [2.05, 4.69) is 10.4 Å². The van der Waals surface area contributed by atoms with Crippen molar-refractivity contribution in [3.05, 3.63) is 59.9 Å². The Hall–Kier alpha value is -2.42. The molecule has 3 aromatic rings. The second kappa shape index (κ2) is 6.60. The first-order valence-corrected chi connectivity index (χ1v) is 8.78. The maximum atomic E-state index is 12.1. The summed E-state index contributed by atoms with van der Waals surface area (Å²) in [6.07, 6.45) is 1.52. The Morgan fingerprint density at radius 2 is 1.83 bits per heavy atom. The Morgan fingerprint density at radius 1 is 1.12 bits per heavy atom. The zero-order chi connectivity index (χ0) is 17.2. The van der Waals surface area contributed by atoms with Crippen LogP contribution in [0.1, 0.15) is 0 Å². The highest BCUT2D eigenvalue weighted by molar-refractivity contribution is 7.89. The zero-order valence-corrected chi connectivity index (χ0v) is 13.9. The van der Waals surface area contributed by atoms with Crippen molar-refractivity contribution in [2.75, 3.05) is 0 Å². The van der Waals surface area contributed by atoms with Gasteiger partial charge in [-0.1, -0.05) is 35.9 Å². The molecule has 0 aliphatic carbocycles. The van der Waals surface area contributed by atoms with Crippen molar-refractivity contribution in [2.45, 2.75) is 11.4 Å².